The van der Waals surface area contributed by atoms with Crippen molar-refractivity contribution in [2.75, 3.05) is 0 Å². The molecule has 162 valence electrons. The molecule has 0 amide bonds. The highest BCUT2D eigenvalue weighted by atomic mass is 32.2. The number of nitrogens with one attached hydrogen (secondary N) is 1. The number of hydrogen-bond donors (Lipinski definition) is 1. The Morgan fingerprint density at radius 1 is 1.03 bits per heavy atom. The van der Waals surface area contributed by atoms with Crippen molar-refractivity contribution in [3.63, 3.8) is 0 Å². The average Bonchev–Trinajstić information content (AvgIpc) is 3.43. The van der Waals surface area contributed by atoms with E-state index in [2.05, 4.69) is 4.98 Å². The van der Waals surface area contributed by atoms with Crippen LogP contribution in [0.5, 0.6) is 0 Å². The molecule has 1 aromatic carbocycles. The van der Waals surface area contributed by atoms with Gasteiger partial charge in [0.05, 0.1) is 21.5 Å². The maximum absolute atomic E-state index is 13.1. The number of rotatable bonds is 5. The van der Waals surface area contributed by atoms with Gasteiger partial charge < -0.3 is 4.98 Å². The van der Waals surface area contributed by atoms with Gasteiger partial charge in [-0.1, -0.05) is 30.0 Å². The maximum Gasteiger partial charge on any atom is 0.262 e. The van der Waals surface area contributed by atoms with Crippen LogP contribution in [0.2, 0.25) is 0 Å². The molecule has 0 aliphatic carbocycles. The fourth-order valence-electron chi connectivity index (χ4n) is 3.65. The van der Waals surface area contributed by atoms with E-state index in [0.717, 1.165) is 10.4 Å². The van der Waals surface area contributed by atoms with E-state index in [0.29, 0.717) is 32.1 Å². The molecular weight excluding hydrogens is 460 g/mol. The zero-order chi connectivity index (χ0) is 22.4. The molecule has 1 unspecified atom stereocenters. The van der Waals surface area contributed by atoms with E-state index >= 15 is 0 Å². The van der Waals surface area contributed by atoms with Crippen molar-refractivity contribution in [2.24, 2.45) is 0 Å². The molecule has 6 nitrogen and oxygen atoms in total. The van der Waals surface area contributed by atoms with E-state index in [1.165, 1.54) is 23.1 Å². The Bertz CT molecular complexity index is 1550. The topological polar surface area (TPSA) is 80.6 Å². The highest BCUT2D eigenvalue weighted by molar-refractivity contribution is 7.99. The third-order valence-electron chi connectivity index (χ3n) is 5.21. The van der Waals surface area contributed by atoms with E-state index in [4.69, 9.17) is 9.97 Å². The number of H-pyrrole nitrogens is 1. The van der Waals surface area contributed by atoms with Crippen molar-refractivity contribution in [2.45, 2.75) is 37.2 Å². The Kier molecular flexibility index (Phi) is 5.48. The molecule has 32 heavy (non-hydrogen) atoms. The van der Waals surface area contributed by atoms with Gasteiger partial charge in [-0.05, 0) is 44.4 Å². The summed E-state index contributed by atoms with van der Waals surface area (Å²) in [5.41, 5.74) is 1.39. The molecule has 5 aromatic rings. The first kappa shape index (κ1) is 21.1. The predicted molar refractivity (Wildman–Crippen MR) is 134 cm³/mol. The first-order chi connectivity index (χ1) is 15.4. The van der Waals surface area contributed by atoms with Crippen molar-refractivity contribution >= 4 is 55.6 Å². The molecular formula is C23H20N4O2S3. The Balaban J connectivity index is 1.56. The number of aromatic nitrogens is 4. The molecule has 0 fully saturated rings. The van der Waals surface area contributed by atoms with E-state index in [9.17, 15) is 9.59 Å². The molecule has 0 bridgehead atoms. The summed E-state index contributed by atoms with van der Waals surface area (Å²) in [5, 5.41) is 5.63. The minimum Gasteiger partial charge on any atom is -0.309 e. The number of fused-ring (bicyclic) bond motifs is 2. The van der Waals surface area contributed by atoms with Crippen LogP contribution in [0.3, 0.4) is 0 Å². The molecule has 9 heteroatoms. The van der Waals surface area contributed by atoms with E-state index in [1.807, 2.05) is 61.9 Å². The summed E-state index contributed by atoms with van der Waals surface area (Å²) in [6.45, 7) is 5.90. The van der Waals surface area contributed by atoms with Crippen LogP contribution >= 0.6 is 34.4 Å². The summed E-state index contributed by atoms with van der Waals surface area (Å²) in [5.74, 6) is 0.574. The Hall–Kier alpha value is -2.75. The predicted octanol–water partition coefficient (Wildman–Crippen LogP) is 5.86. The molecule has 0 spiro atoms. The van der Waals surface area contributed by atoms with Gasteiger partial charge in [-0.25, -0.2) is 9.97 Å². The van der Waals surface area contributed by atoms with Gasteiger partial charge in [-0.3, -0.25) is 14.2 Å². The quantitative estimate of drug-likeness (QED) is 0.252. The minimum atomic E-state index is -0.197. The summed E-state index contributed by atoms with van der Waals surface area (Å²) >= 11 is 4.50. The highest BCUT2D eigenvalue weighted by Crippen LogP contribution is 2.36. The zero-order valence-electron chi connectivity index (χ0n) is 17.7. The number of thiophene rings is 2. The van der Waals surface area contributed by atoms with Crippen molar-refractivity contribution in [3.05, 3.63) is 73.7 Å². The SMILES string of the molecule is CC(Sc1nc2ccccc2c(=O)n1C(C)C)c1nc2scc(-c3cccs3)c2c(=O)[nH]1. The molecule has 0 saturated heterocycles. The van der Waals surface area contributed by atoms with Crippen molar-refractivity contribution in [1.29, 1.82) is 0 Å². The van der Waals surface area contributed by atoms with Gasteiger partial charge in [0.2, 0.25) is 0 Å². The summed E-state index contributed by atoms with van der Waals surface area (Å²) in [4.78, 5) is 40.3. The third kappa shape index (κ3) is 3.60. The van der Waals surface area contributed by atoms with Gasteiger partial charge in [0.1, 0.15) is 10.7 Å². The lowest BCUT2D eigenvalue weighted by molar-refractivity contribution is 0.518. The lowest BCUT2D eigenvalue weighted by Crippen LogP contribution is -2.25. The standard InChI is InChI=1S/C23H20N4O2S3/c1-12(2)27-22(29)14-7-4-5-8-16(14)24-23(27)32-13(3)19-25-20(28)18-15(11-31-21(18)26-19)17-9-6-10-30-17/h4-13H,1-3H3,(H,25,26,28). The lowest BCUT2D eigenvalue weighted by atomic mass is 10.2. The first-order valence-electron chi connectivity index (χ1n) is 10.2. The molecule has 4 aromatic heterocycles. The van der Waals surface area contributed by atoms with Crippen LogP contribution in [0.25, 0.3) is 31.6 Å². The number of benzene rings is 1. The molecule has 0 aliphatic rings. The maximum atomic E-state index is 13.1. The summed E-state index contributed by atoms with van der Waals surface area (Å²) in [7, 11) is 0. The third-order valence-corrected chi connectivity index (χ3v) is 8.06. The van der Waals surface area contributed by atoms with Crippen LogP contribution in [-0.4, -0.2) is 19.5 Å². The number of thioether (sulfide) groups is 1. The summed E-state index contributed by atoms with van der Waals surface area (Å²) < 4.78 is 1.71. The van der Waals surface area contributed by atoms with Crippen LogP contribution in [0.15, 0.2) is 61.9 Å². The normalized spacial score (nSPS) is 12.8. The van der Waals surface area contributed by atoms with Gasteiger partial charge in [0, 0.05) is 21.9 Å². The van der Waals surface area contributed by atoms with Gasteiger partial charge in [-0.15, -0.1) is 22.7 Å². The second kappa shape index (κ2) is 8.31. The van der Waals surface area contributed by atoms with E-state index in [1.54, 1.807) is 22.0 Å². The van der Waals surface area contributed by atoms with Crippen LogP contribution in [-0.2, 0) is 0 Å². The number of para-hydroxylation sites is 1. The zero-order valence-corrected chi connectivity index (χ0v) is 20.1. The fraction of sp³-hybridized carbons (Fsp3) is 0.217. The largest absolute Gasteiger partial charge is 0.309 e. The molecule has 5 rings (SSSR count). The molecule has 4 heterocycles. The van der Waals surface area contributed by atoms with Crippen molar-refractivity contribution in [1.82, 2.24) is 19.5 Å². The van der Waals surface area contributed by atoms with Crippen LogP contribution < -0.4 is 11.1 Å². The molecule has 1 N–H and O–H groups in total. The fourth-order valence-corrected chi connectivity index (χ4v) is 6.52. The Labute approximate surface area is 196 Å². The first-order valence-corrected chi connectivity index (χ1v) is 12.8. The second-order valence-corrected chi connectivity index (χ2v) is 10.8. The van der Waals surface area contributed by atoms with Gasteiger partial charge in [-0.2, -0.15) is 0 Å². The number of hydrogen-bond acceptors (Lipinski definition) is 7. The van der Waals surface area contributed by atoms with E-state index < -0.39 is 0 Å². The van der Waals surface area contributed by atoms with Crippen LogP contribution in [0.4, 0.5) is 0 Å². The number of aromatic amines is 1. The lowest BCUT2D eigenvalue weighted by Gasteiger charge is -2.18. The van der Waals surface area contributed by atoms with Crippen LogP contribution in [0, 0.1) is 0 Å². The summed E-state index contributed by atoms with van der Waals surface area (Å²) in [6, 6.07) is 11.3. The smallest absolute Gasteiger partial charge is 0.262 e. The number of nitrogens with zero attached hydrogens (tertiary/aromatic N) is 3. The van der Waals surface area contributed by atoms with Crippen molar-refractivity contribution in [3.8, 4) is 10.4 Å². The average molecular weight is 481 g/mol. The van der Waals surface area contributed by atoms with Gasteiger partial charge in [0.25, 0.3) is 11.1 Å². The van der Waals surface area contributed by atoms with E-state index in [-0.39, 0.29) is 22.4 Å². The monoisotopic (exact) mass is 480 g/mol. The van der Waals surface area contributed by atoms with Gasteiger partial charge in [0.15, 0.2) is 5.16 Å². The highest BCUT2D eigenvalue weighted by Gasteiger charge is 2.21. The van der Waals surface area contributed by atoms with Crippen molar-refractivity contribution < 1.29 is 0 Å². The Morgan fingerprint density at radius 3 is 2.59 bits per heavy atom. The minimum absolute atomic E-state index is 0.0468. The Morgan fingerprint density at radius 2 is 1.84 bits per heavy atom. The molecule has 0 saturated carbocycles. The summed E-state index contributed by atoms with van der Waals surface area (Å²) in [6.07, 6.45) is 0. The second-order valence-electron chi connectivity index (χ2n) is 7.70. The molecule has 0 radical (unpaired) electrons. The van der Waals surface area contributed by atoms with Gasteiger partial charge >= 0.3 is 0 Å². The molecule has 1 atom stereocenters. The van der Waals surface area contributed by atoms with Crippen LogP contribution in [0.1, 0.15) is 37.9 Å². The molecule has 0 aliphatic heterocycles.